The predicted octanol–water partition coefficient (Wildman–Crippen LogP) is 2.53. The second-order valence-electron chi connectivity index (χ2n) is 6.09. The first-order valence-corrected chi connectivity index (χ1v) is 7.50. The Morgan fingerprint density at radius 1 is 1.17 bits per heavy atom. The standard InChI is InChI=1S/C15H31NO2/c1-12(2)16(7-9-18-10-8-17)15-6-5-13(3)14(4)11-15/h12-15,17H,5-11H2,1-4H3. The Morgan fingerprint density at radius 3 is 2.44 bits per heavy atom. The summed E-state index contributed by atoms with van der Waals surface area (Å²) in [6.45, 7) is 11.6. The summed E-state index contributed by atoms with van der Waals surface area (Å²) >= 11 is 0. The molecule has 1 saturated carbocycles. The Labute approximate surface area is 113 Å². The first-order valence-electron chi connectivity index (χ1n) is 7.50. The van der Waals surface area contributed by atoms with Crippen molar-refractivity contribution in [2.24, 2.45) is 11.8 Å². The molecule has 108 valence electrons. The lowest BCUT2D eigenvalue weighted by molar-refractivity contribution is 0.0327. The van der Waals surface area contributed by atoms with E-state index in [2.05, 4.69) is 32.6 Å². The molecule has 0 radical (unpaired) electrons. The van der Waals surface area contributed by atoms with Crippen LogP contribution in [0.2, 0.25) is 0 Å². The van der Waals surface area contributed by atoms with E-state index in [9.17, 15) is 0 Å². The molecule has 0 spiro atoms. The van der Waals surface area contributed by atoms with E-state index in [1.165, 1.54) is 19.3 Å². The molecule has 0 heterocycles. The van der Waals surface area contributed by atoms with Gasteiger partial charge in [-0.3, -0.25) is 4.90 Å². The molecular weight excluding hydrogens is 226 g/mol. The quantitative estimate of drug-likeness (QED) is 0.711. The number of ether oxygens (including phenoxy) is 1. The van der Waals surface area contributed by atoms with Gasteiger partial charge in [0.25, 0.3) is 0 Å². The lowest BCUT2D eigenvalue weighted by Crippen LogP contribution is -2.45. The van der Waals surface area contributed by atoms with Gasteiger partial charge < -0.3 is 9.84 Å². The highest BCUT2D eigenvalue weighted by Crippen LogP contribution is 2.32. The maximum atomic E-state index is 8.71. The van der Waals surface area contributed by atoms with E-state index >= 15 is 0 Å². The van der Waals surface area contributed by atoms with E-state index in [-0.39, 0.29) is 6.61 Å². The largest absolute Gasteiger partial charge is 0.394 e. The first-order chi connectivity index (χ1) is 8.56. The van der Waals surface area contributed by atoms with Gasteiger partial charge in [-0.25, -0.2) is 0 Å². The lowest BCUT2D eigenvalue weighted by Gasteiger charge is -2.41. The molecule has 0 aromatic heterocycles. The van der Waals surface area contributed by atoms with Crippen molar-refractivity contribution in [3.63, 3.8) is 0 Å². The van der Waals surface area contributed by atoms with Crippen molar-refractivity contribution >= 4 is 0 Å². The van der Waals surface area contributed by atoms with Gasteiger partial charge in [-0.05, 0) is 44.9 Å². The molecule has 3 atom stereocenters. The van der Waals surface area contributed by atoms with Crippen molar-refractivity contribution in [1.29, 1.82) is 0 Å². The SMILES string of the molecule is CC1CCC(N(CCOCCO)C(C)C)CC1C. The van der Waals surface area contributed by atoms with Gasteiger partial charge in [0.15, 0.2) is 0 Å². The monoisotopic (exact) mass is 257 g/mol. The first kappa shape index (κ1) is 15.9. The van der Waals surface area contributed by atoms with Crippen LogP contribution in [0.5, 0.6) is 0 Å². The molecule has 0 aromatic rings. The fraction of sp³-hybridized carbons (Fsp3) is 1.00. The van der Waals surface area contributed by atoms with Crippen LogP contribution in [-0.2, 0) is 4.74 Å². The van der Waals surface area contributed by atoms with Crippen LogP contribution >= 0.6 is 0 Å². The molecule has 0 bridgehead atoms. The van der Waals surface area contributed by atoms with Crippen molar-refractivity contribution in [3.8, 4) is 0 Å². The van der Waals surface area contributed by atoms with Crippen LogP contribution in [0, 0.1) is 11.8 Å². The zero-order chi connectivity index (χ0) is 13.5. The zero-order valence-corrected chi connectivity index (χ0v) is 12.6. The highest BCUT2D eigenvalue weighted by Gasteiger charge is 2.29. The maximum Gasteiger partial charge on any atom is 0.0698 e. The van der Waals surface area contributed by atoms with Gasteiger partial charge in [0.05, 0.1) is 19.8 Å². The molecule has 3 unspecified atom stereocenters. The van der Waals surface area contributed by atoms with Crippen LogP contribution in [0.4, 0.5) is 0 Å². The van der Waals surface area contributed by atoms with E-state index in [0.717, 1.165) is 25.0 Å². The van der Waals surface area contributed by atoms with Crippen LogP contribution in [0.25, 0.3) is 0 Å². The Morgan fingerprint density at radius 2 is 1.89 bits per heavy atom. The minimum Gasteiger partial charge on any atom is -0.394 e. The molecule has 0 aliphatic heterocycles. The van der Waals surface area contributed by atoms with Crippen LogP contribution in [0.1, 0.15) is 47.0 Å². The summed E-state index contributed by atoms with van der Waals surface area (Å²) < 4.78 is 5.41. The molecular formula is C15H31NO2. The molecule has 0 saturated heterocycles. The molecule has 0 amide bonds. The summed E-state index contributed by atoms with van der Waals surface area (Å²) in [7, 11) is 0. The van der Waals surface area contributed by atoms with Crippen LogP contribution in [-0.4, -0.2) is 48.5 Å². The summed E-state index contributed by atoms with van der Waals surface area (Å²) in [4.78, 5) is 2.58. The van der Waals surface area contributed by atoms with E-state index in [1.807, 2.05) is 0 Å². The van der Waals surface area contributed by atoms with Gasteiger partial charge >= 0.3 is 0 Å². The zero-order valence-electron chi connectivity index (χ0n) is 12.6. The van der Waals surface area contributed by atoms with Crippen LogP contribution < -0.4 is 0 Å². The van der Waals surface area contributed by atoms with Crippen LogP contribution in [0.3, 0.4) is 0 Å². The van der Waals surface area contributed by atoms with E-state index in [1.54, 1.807) is 0 Å². The molecule has 1 aliphatic rings. The number of hydrogen-bond donors (Lipinski definition) is 1. The fourth-order valence-corrected chi connectivity index (χ4v) is 3.02. The third-order valence-electron chi connectivity index (χ3n) is 4.43. The average Bonchev–Trinajstić information content (AvgIpc) is 2.32. The number of aliphatic hydroxyl groups is 1. The number of nitrogens with zero attached hydrogens (tertiary/aromatic N) is 1. The van der Waals surface area contributed by atoms with Gasteiger partial charge in [-0.1, -0.05) is 13.8 Å². The van der Waals surface area contributed by atoms with Crippen molar-refractivity contribution < 1.29 is 9.84 Å². The third kappa shape index (κ3) is 4.87. The average molecular weight is 257 g/mol. The lowest BCUT2D eigenvalue weighted by atomic mass is 9.78. The maximum absolute atomic E-state index is 8.71. The second-order valence-corrected chi connectivity index (χ2v) is 6.09. The Balaban J connectivity index is 2.41. The fourth-order valence-electron chi connectivity index (χ4n) is 3.02. The summed E-state index contributed by atoms with van der Waals surface area (Å²) in [5.74, 6) is 1.71. The molecule has 18 heavy (non-hydrogen) atoms. The summed E-state index contributed by atoms with van der Waals surface area (Å²) in [5.41, 5.74) is 0. The molecule has 1 aliphatic carbocycles. The molecule has 1 N–H and O–H groups in total. The van der Waals surface area contributed by atoms with Crippen LogP contribution in [0.15, 0.2) is 0 Å². The van der Waals surface area contributed by atoms with Gasteiger partial charge in [-0.2, -0.15) is 0 Å². The Kier molecular flexibility index (Phi) is 7.20. The van der Waals surface area contributed by atoms with E-state index < -0.39 is 0 Å². The van der Waals surface area contributed by atoms with Crippen molar-refractivity contribution in [1.82, 2.24) is 4.90 Å². The van der Waals surface area contributed by atoms with Gasteiger partial charge in [0.2, 0.25) is 0 Å². The number of aliphatic hydroxyl groups excluding tert-OH is 1. The summed E-state index contributed by atoms with van der Waals surface area (Å²) in [6, 6.07) is 1.29. The van der Waals surface area contributed by atoms with Gasteiger partial charge in [0.1, 0.15) is 0 Å². The van der Waals surface area contributed by atoms with Crippen molar-refractivity contribution in [3.05, 3.63) is 0 Å². The smallest absolute Gasteiger partial charge is 0.0698 e. The molecule has 1 fully saturated rings. The van der Waals surface area contributed by atoms with Gasteiger partial charge in [-0.15, -0.1) is 0 Å². The minimum absolute atomic E-state index is 0.125. The molecule has 3 nitrogen and oxygen atoms in total. The molecule has 0 aromatic carbocycles. The topological polar surface area (TPSA) is 32.7 Å². The second kappa shape index (κ2) is 8.13. The third-order valence-corrected chi connectivity index (χ3v) is 4.43. The Hall–Kier alpha value is -0.120. The highest BCUT2D eigenvalue weighted by atomic mass is 16.5. The number of rotatable bonds is 7. The van der Waals surface area contributed by atoms with Crippen molar-refractivity contribution in [2.75, 3.05) is 26.4 Å². The minimum atomic E-state index is 0.125. The van der Waals surface area contributed by atoms with E-state index in [0.29, 0.717) is 18.7 Å². The number of hydrogen-bond acceptors (Lipinski definition) is 3. The molecule has 1 rings (SSSR count). The Bertz CT molecular complexity index is 221. The van der Waals surface area contributed by atoms with Gasteiger partial charge in [0, 0.05) is 18.6 Å². The summed E-state index contributed by atoms with van der Waals surface area (Å²) in [6.07, 6.45) is 4.00. The summed E-state index contributed by atoms with van der Waals surface area (Å²) in [5, 5.41) is 8.71. The predicted molar refractivity (Wildman–Crippen MR) is 75.7 cm³/mol. The normalized spacial score (nSPS) is 29.2. The van der Waals surface area contributed by atoms with E-state index in [4.69, 9.17) is 9.84 Å². The highest BCUT2D eigenvalue weighted by molar-refractivity contribution is 4.83. The van der Waals surface area contributed by atoms with Crippen molar-refractivity contribution in [2.45, 2.75) is 59.0 Å². The molecule has 3 heteroatoms.